The third kappa shape index (κ3) is 3.88. The Bertz CT molecular complexity index is 617. The van der Waals surface area contributed by atoms with Crippen LogP contribution in [0.2, 0.25) is 0 Å². The Morgan fingerprint density at radius 2 is 1.81 bits per heavy atom. The Hall–Kier alpha value is -2.23. The van der Waals surface area contributed by atoms with Crippen molar-refractivity contribution in [2.75, 3.05) is 5.32 Å². The lowest BCUT2D eigenvalue weighted by Gasteiger charge is -2.16. The van der Waals surface area contributed by atoms with Crippen molar-refractivity contribution in [2.24, 2.45) is 0 Å². The number of anilines is 1. The van der Waals surface area contributed by atoms with Crippen LogP contribution in [0.15, 0.2) is 40.8 Å². The monoisotopic (exact) mass is 286 g/mol. The van der Waals surface area contributed by atoms with Gasteiger partial charge in [0.05, 0.1) is 6.04 Å². The van der Waals surface area contributed by atoms with Crippen LogP contribution in [0.25, 0.3) is 0 Å². The van der Waals surface area contributed by atoms with Gasteiger partial charge < -0.3 is 15.1 Å². The Labute approximate surface area is 125 Å². The molecule has 0 bridgehead atoms. The molecule has 0 fully saturated rings. The maximum Gasteiger partial charge on any atom is 0.319 e. The SMILES string of the molecule is Cc1ccc([C@H](C)NC(=O)Nc2ccccc2C(C)C)o1. The average molecular weight is 286 g/mol. The summed E-state index contributed by atoms with van der Waals surface area (Å²) in [6.45, 7) is 7.99. The summed E-state index contributed by atoms with van der Waals surface area (Å²) in [7, 11) is 0. The molecule has 1 aromatic heterocycles. The summed E-state index contributed by atoms with van der Waals surface area (Å²) < 4.78 is 5.52. The smallest absolute Gasteiger partial charge is 0.319 e. The minimum absolute atomic E-state index is 0.176. The first-order valence-corrected chi connectivity index (χ1v) is 7.20. The molecular weight excluding hydrogens is 264 g/mol. The van der Waals surface area contributed by atoms with Gasteiger partial charge in [-0.3, -0.25) is 0 Å². The zero-order valence-corrected chi connectivity index (χ0v) is 12.9. The van der Waals surface area contributed by atoms with Crippen LogP contribution in [-0.2, 0) is 0 Å². The third-order valence-electron chi connectivity index (χ3n) is 3.37. The molecule has 0 aliphatic rings. The molecule has 0 radical (unpaired) electrons. The lowest BCUT2D eigenvalue weighted by molar-refractivity contribution is 0.247. The molecule has 2 aromatic rings. The maximum atomic E-state index is 12.1. The van der Waals surface area contributed by atoms with Gasteiger partial charge in [-0.1, -0.05) is 32.0 Å². The lowest BCUT2D eigenvalue weighted by atomic mass is 10.0. The number of nitrogens with one attached hydrogen (secondary N) is 2. The van der Waals surface area contributed by atoms with Crippen LogP contribution < -0.4 is 10.6 Å². The highest BCUT2D eigenvalue weighted by Crippen LogP contribution is 2.24. The fourth-order valence-electron chi connectivity index (χ4n) is 2.23. The van der Waals surface area contributed by atoms with E-state index in [-0.39, 0.29) is 12.1 Å². The Morgan fingerprint density at radius 3 is 2.43 bits per heavy atom. The van der Waals surface area contributed by atoms with Gasteiger partial charge in [-0.2, -0.15) is 0 Å². The molecule has 1 heterocycles. The molecule has 2 rings (SSSR count). The Kier molecular flexibility index (Phi) is 4.68. The predicted octanol–water partition coefficient (Wildman–Crippen LogP) is 4.59. The second-order valence-electron chi connectivity index (χ2n) is 5.51. The minimum Gasteiger partial charge on any atom is -0.464 e. The van der Waals surface area contributed by atoms with Crippen molar-refractivity contribution in [2.45, 2.75) is 39.7 Å². The number of hydrogen-bond donors (Lipinski definition) is 2. The highest BCUT2D eigenvalue weighted by molar-refractivity contribution is 5.90. The molecule has 0 saturated heterocycles. The quantitative estimate of drug-likeness (QED) is 0.863. The van der Waals surface area contributed by atoms with E-state index in [2.05, 4.69) is 24.5 Å². The first kappa shape index (κ1) is 15.2. The van der Waals surface area contributed by atoms with Gasteiger partial charge >= 0.3 is 6.03 Å². The van der Waals surface area contributed by atoms with Crippen LogP contribution >= 0.6 is 0 Å². The summed E-state index contributed by atoms with van der Waals surface area (Å²) in [4.78, 5) is 12.1. The number of benzene rings is 1. The zero-order valence-electron chi connectivity index (χ0n) is 12.9. The Balaban J connectivity index is 2.02. The van der Waals surface area contributed by atoms with E-state index in [1.807, 2.05) is 50.2 Å². The van der Waals surface area contributed by atoms with Gasteiger partial charge in [0.2, 0.25) is 0 Å². The summed E-state index contributed by atoms with van der Waals surface area (Å²) in [5.74, 6) is 1.94. The molecule has 0 saturated carbocycles. The molecule has 112 valence electrons. The number of carbonyl (C=O) groups is 1. The number of furan rings is 1. The van der Waals surface area contributed by atoms with Gasteiger partial charge in [0, 0.05) is 5.69 Å². The fraction of sp³-hybridized carbons (Fsp3) is 0.353. The van der Waals surface area contributed by atoms with Crippen molar-refractivity contribution in [3.63, 3.8) is 0 Å². The topological polar surface area (TPSA) is 54.3 Å². The largest absolute Gasteiger partial charge is 0.464 e. The van der Waals surface area contributed by atoms with Gasteiger partial charge in [0.1, 0.15) is 11.5 Å². The number of urea groups is 1. The van der Waals surface area contributed by atoms with Crippen LogP contribution in [0.3, 0.4) is 0 Å². The van der Waals surface area contributed by atoms with Crippen LogP contribution in [0.4, 0.5) is 10.5 Å². The van der Waals surface area contributed by atoms with Gasteiger partial charge in [-0.15, -0.1) is 0 Å². The summed E-state index contributed by atoms with van der Waals surface area (Å²) >= 11 is 0. The van der Waals surface area contributed by atoms with Crippen LogP contribution in [0.5, 0.6) is 0 Å². The number of aryl methyl sites for hydroxylation is 1. The maximum absolute atomic E-state index is 12.1. The number of rotatable bonds is 4. The normalized spacial score (nSPS) is 12.2. The predicted molar refractivity (Wildman–Crippen MR) is 84.5 cm³/mol. The van der Waals surface area contributed by atoms with Crippen LogP contribution in [0, 0.1) is 6.92 Å². The standard InChI is InChI=1S/C17H22N2O2/c1-11(2)14-7-5-6-8-15(14)19-17(20)18-13(4)16-10-9-12(3)21-16/h5-11,13H,1-4H3,(H2,18,19,20)/t13-/m0/s1. The van der Waals surface area contributed by atoms with Crippen LogP contribution in [-0.4, -0.2) is 6.03 Å². The molecule has 0 aliphatic heterocycles. The van der Waals surface area contributed by atoms with Gasteiger partial charge in [-0.05, 0) is 43.5 Å². The molecule has 1 atom stereocenters. The first-order valence-electron chi connectivity index (χ1n) is 7.20. The summed E-state index contributed by atoms with van der Waals surface area (Å²) in [5.41, 5.74) is 1.96. The van der Waals surface area contributed by atoms with Gasteiger partial charge in [0.25, 0.3) is 0 Å². The summed E-state index contributed by atoms with van der Waals surface area (Å²) in [6.07, 6.45) is 0. The highest BCUT2D eigenvalue weighted by atomic mass is 16.3. The van der Waals surface area contributed by atoms with E-state index in [0.717, 1.165) is 22.8 Å². The molecule has 0 unspecified atom stereocenters. The van der Waals surface area contributed by atoms with Crippen molar-refractivity contribution in [1.82, 2.24) is 5.32 Å². The molecule has 4 nitrogen and oxygen atoms in total. The van der Waals surface area contributed by atoms with Gasteiger partial charge in [-0.25, -0.2) is 4.79 Å². The molecule has 1 aromatic carbocycles. The van der Waals surface area contributed by atoms with Crippen molar-refractivity contribution in [3.05, 3.63) is 53.5 Å². The van der Waals surface area contributed by atoms with E-state index in [1.54, 1.807) is 0 Å². The van der Waals surface area contributed by atoms with E-state index in [0.29, 0.717) is 5.92 Å². The van der Waals surface area contributed by atoms with Crippen molar-refractivity contribution >= 4 is 11.7 Å². The van der Waals surface area contributed by atoms with Gasteiger partial charge in [0.15, 0.2) is 0 Å². The first-order chi connectivity index (χ1) is 9.97. The molecule has 21 heavy (non-hydrogen) atoms. The van der Waals surface area contributed by atoms with Crippen molar-refractivity contribution in [3.8, 4) is 0 Å². The van der Waals surface area contributed by atoms with E-state index < -0.39 is 0 Å². The number of carbonyl (C=O) groups excluding carboxylic acids is 1. The molecule has 0 spiro atoms. The number of para-hydroxylation sites is 1. The minimum atomic E-state index is -0.232. The lowest BCUT2D eigenvalue weighted by Crippen LogP contribution is -2.31. The number of amides is 2. The van der Waals surface area contributed by atoms with Crippen molar-refractivity contribution < 1.29 is 9.21 Å². The second-order valence-corrected chi connectivity index (χ2v) is 5.51. The van der Waals surface area contributed by atoms with E-state index in [9.17, 15) is 4.79 Å². The molecule has 2 N–H and O–H groups in total. The second kappa shape index (κ2) is 6.48. The van der Waals surface area contributed by atoms with E-state index in [1.165, 1.54) is 0 Å². The van der Waals surface area contributed by atoms with E-state index in [4.69, 9.17) is 4.42 Å². The third-order valence-corrected chi connectivity index (χ3v) is 3.37. The van der Waals surface area contributed by atoms with Crippen LogP contribution in [0.1, 0.15) is 49.8 Å². The number of hydrogen-bond acceptors (Lipinski definition) is 2. The molecule has 2 amide bonds. The van der Waals surface area contributed by atoms with E-state index >= 15 is 0 Å². The summed E-state index contributed by atoms with van der Waals surface area (Å²) in [5, 5.41) is 5.79. The summed E-state index contributed by atoms with van der Waals surface area (Å²) in [6, 6.07) is 11.2. The fourth-order valence-corrected chi connectivity index (χ4v) is 2.23. The molecular formula is C17H22N2O2. The molecule has 0 aliphatic carbocycles. The zero-order chi connectivity index (χ0) is 15.4. The highest BCUT2D eigenvalue weighted by Gasteiger charge is 2.14. The van der Waals surface area contributed by atoms with Crippen molar-refractivity contribution in [1.29, 1.82) is 0 Å². The average Bonchev–Trinajstić information content (AvgIpc) is 2.85. The molecule has 4 heteroatoms. The Morgan fingerprint density at radius 1 is 1.10 bits per heavy atom.